The van der Waals surface area contributed by atoms with Crippen LogP contribution >= 0.6 is 0 Å². The first-order valence-corrected chi connectivity index (χ1v) is 6.83. The summed E-state index contributed by atoms with van der Waals surface area (Å²) in [5.41, 5.74) is 7.68. The lowest BCUT2D eigenvalue weighted by Crippen LogP contribution is -2.36. The first kappa shape index (κ1) is 13.8. The summed E-state index contributed by atoms with van der Waals surface area (Å²) in [5, 5.41) is 14.3. The number of nitrogens with two attached hydrogens (primary N) is 1. The molecule has 5 nitrogen and oxygen atoms in total. The molecule has 0 saturated heterocycles. The summed E-state index contributed by atoms with van der Waals surface area (Å²) in [6, 6.07) is 5.48. The second-order valence-corrected chi connectivity index (χ2v) is 5.35. The van der Waals surface area contributed by atoms with E-state index >= 15 is 0 Å². The Morgan fingerprint density at radius 1 is 1.37 bits per heavy atom. The number of benzene rings is 1. The number of hydrogen-bond acceptors (Lipinski definition) is 4. The van der Waals surface area contributed by atoms with Crippen molar-refractivity contribution in [3.05, 3.63) is 33.9 Å². The lowest BCUT2D eigenvalue weighted by Gasteiger charge is -2.32. The van der Waals surface area contributed by atoms with Crippen molar-refractivity contribution >= 4 is 11.4 Å². The van der Waals surface area contributed by atoms with E-state index in [4.69, 9.17) is 5.73 Å². The standard InChI is InChI=1S/C14H21N3O2/c1-10-6-12(8-13(7-10)17(18)19)16-14-5-3-2-4-11(14)9-15/h6-8,11,14,16H,2-5,9,15H2,1H3. The average molecular weight is 263 g/mol. The summed E-state index contributed by atoms with van der Waals surface area (Å²) in [5.74, 6) is 0.466. The van der Waals surface area contributed by atoms with Gasteiger partial charge in [-0.2, -0.15) is 0 Å². The Morgan fingerprint density at radius 2 is 2.11 bits per heavy atom. The van der Waals surface area contributed by atoms with Gasteiger partial charge in [-0.05, 0) is 43.9 Å². The molecule has 2 atom stereocenters. The van der Waals surface area contributed by atoms with Crippen LogP contribution in [-0.4, -0.2) is 17.5 Å². The van der Waals surface area contributed by atoms with E-state index < -0.39 is 0 Å². The number of anilines is 1. The summed E-state index contributed by atoms with van der Waals surface area (Å²) < 4.78 is 0. The highest BCUT2D eigenvalue weighted by atomic mass is 16.6. The van der Waals surface area contributed by atoms with Gasteiger partial charge in [0.25, 0.3) is 5.69 Å². The smallest absolute Gasteiger partial charge is 0.271 e. The van der Waals surface area contributed by atoms with E-state index in [1.54, 1.807) is 12.1 Å². The van der Waals surface area contributed by atoms with E-state index in [2.05, 4.69) is 5.32 Å². The topological polar surface area (TPSA) is 81.2 Å². The molecule has 3 N–H and O–H groups in total. The van der Waals surface area contributed by atoms with Crippen LogP contribution < -0.4 is 11.1 Å². The third-order valence-electron chi connectivity index (χ3n) is 3.84. The van der Waals surface area contributed by atoms with E-state index in [0.29, 0.717) is 18.5 Å². The normalized spacial score (nSPS) is 23.1. The van der Waals surface area contributed by atoms with E-state index in [1.165, 1.54) is 12.8 Å². The highest BCUT2D eigenvalue weighted by Gasteiger charge is 2.24. The lowest BCUT2D eigenvalue weighted by molar-refractivity contribution is -0.384. The molecule has 1 fully saturated rings. The first-order valence-electron chi connectivity index (χ1n) is 6.83. The number of nitro groups is 1. The number of nitrogens with zero attached hydrogens (tertiary/aromatic N) is 1. The number of nitrogens with one attached hydrogen (secondary N) is 1. The van der Waals surface area contributed by atoms with Crippen LogP contribution in [0.4, 0.5) is 11.4 Å². The molecule has 0 spiro atoms. The number of rotatable bonds is 4. The highest BCUT2D eigenvalue weighted by molar-refractivity contribution is 5.54. The highest BCUT2D eigenvalue weighted by Crippen LogP contribution is 2.28. The third kappa shape index (κ3) is 3.44. The Hall–Kier alpha value is -1.62. The van der Waals surface area contributed by atoms with Gasteiger partial charge in [0.05, 0.1) is 4.92 Å². The molecule has 2 unspecified atom stereocenters. The predicted octanol–water partition coefficient (Wildman–Crippen LogP) is 2.83. The molecular weight excluding hydrogens is 242 g/mol. The van der Waals surface area contributed by atoms with E-state index in [1.807, 2.05) is 13.0 Å². The zero-order valence-electron chi connectivity index (χ0n) is 11.3. The molecule has 0 amide bonds. The molecule has 1 aromatic rings. The van der Waals surface area contributed by atoms with Gasteiger partial charge in [0.1, 0.15) is 0 Å². The fourth-order valence-electron chi connectivity index (χ4n) is 2.85. The Morgan fingerprint density at radius 3 is 2.79 bits per heavy atom. The minimum atomic E-state index is -0.348. The summed E-state index contributed by atoms with van der Waals surface area (Å²) in [7, 11) is 0. The largest absolute Gasteiger partial charge is 0.382 e. The van der Waals surface area contributed by atoms with Gasteiger partial charge in [-0.25, -0.2) is 0 Å². The van der Waals surface area contributed by atoms with Gasteiger partial charge in [0, 0.05) is 23.9 Å². The monoisotopic (exact) mass is 263 g/mol. The van der Waals surface area contributed by atoms with Crippen LogP contribution in [0.25, 0.3) is 0 Å². The maximum Gasteiger partial charge on any atom is 0.271 e. The Balaban J connectivity index is 2.15. The minimum absolute atomic E-state index is 0.141. The predicted molar refractivity (Wildman–Crippen MR) is 76.3 cm³/mol. The van der Waals surface area contributed by atoms with Gasteiger partial charge in [0.15, 0.2) is 0 Å². The van der Waals surface area contributed by atoms with Crippen LogP contribution in [0.1, 0.15) is 31.2 Å². The van der Waals surface area contributed by atoms with Crippen LogP contribution in [0.2, 0.25) is 0 Å². The average Bonchev–Trinajstić information content (AvgIpc) is 2.38. The maximum absolute atomic E-state index is 10.9. The fraction of sp³-hybridized carbons (Fsp3) is 0.571. The quantitative estimate of drug-likeness (QED) is 0.646. The fourth-order valence-corrected chi connectivity index (χ4v) is 2.85. The molecule has 1 aliphatic rings. The van der Waals surface area contributed by atoms with E-state index in [0.717, 1.165) is 24.1 Å². The van der Waals surface area contributed by atoms with E-state index in [-0.39, 0.29) is 10.6 Å². The van der Waals surface area contributed by atoms with Crippen LogP contribution in [0.15, 0.2) is 18.2 Å². The molecule has 0 aromatic heterocycles. The Labute approximate surface area is 113 Å². The van der Waals surface area contributed by atoms with Crippen LogP contribution in [-0.2, 0) is 0 Å². The second-order valence-electron chi connectivity index (χ2n) is 5.35. The van der Waals surface area contributed by atoms with Crippen molar-refractivity contribution in [1.82, 2.24) is 0 Å². The van der Waals surface area contributed by atoms with Crippen LogP contribution in [0, 0.1) is 23.0 Å². The molecule has 5 heteroatoms. The molecular formula is C14H21N3O2. The zero-order valence-corrected chi connectivity index (χ0v) is 11.3. The van der Waals surface area contributed by atoms with Gasteiger partial charge in [0.2, 0.25) is 0 Å². The summed E-state index contributed by atoms with van der Waals surface area (Å²) >= 11 is 0. The number of non-ortho nitro benzene ring substituents is 1. The van der Waals surface area contributed by atoms with Crippen molar-refractivity contribution in [2.45, 2.75) is 38.6 Å². The van der Waals surface area contributed by atoms with Crippen molar-refractivity contribution in [3.8, 4) is 0 Å². The second kappa shape index (κ2) is 6.02. The molecule has 1 aromatic carbocycles. The third-order valence-corrected chi connectivity index (χ3v) is 3.84. The molecule has 0 aliphatic heterocycles. The van der Waals surface area contributed by atoms with E-state index in [9.17, 15) is 10.1 Å². The van der Waals surface area contributed by atoms with Gasteiger partial charge < -0.3 is 11.1 Å². The maximum atomic E-state index is 10.9. The zero-order chi connectivity index (χ0) is 13.8. The molecule has 0 heterocycles. The molecule has 1 saturated carbocycles. The van der Waals surface area contributed by atoms with Crippen molar-refractivity contribution < 1.29 is 4.92 Å². The SMILES string of the molecule is Cc1cc(NC2CCCCC2CN)cc([N+](=O)[O-])c1. The number of aryl methyl sites for hydroxylation is 1. The summed E-state index contributed by atoms with van der Waals surface area (Å²) in [6.45, 7) is 2.55. The van der Waals surface area contributed by atoms with Crippen LogP contribution in [0.3, 0.4) is 0 Å². The van der Waals surface area contributed by atoms with Crippen molar-refractivity contribution in [3.63, 3.8) is 0 Å². The van der Waals surface area contributed by atoms with Gasteiger partial charge >= 0.3 is 0 Å². The van der Waals surface area contributed by atoms with Gasteiger partial charge in [-0.3, -0.25) is 10.1 Å². The van der Waals surface area contributed by atoms with Crippen LogP contribution in [0.5, 0.6) is 0 Å². The molecule has 104 valence electrons. The first-order chi connectivity index (χ1) is 9.10. The Bertz CT molecular complexity index is 462. The van der Waals surface area contributed by atoms with Crippen molar-refractivity contribution in [2.75, 3.05) is 11.9 Å². The van der Waals surface area contributed by atoms with Crippen molar-refractivity contribution in [2.24, 2.45) is 11.7 Å². The number of hydrogen-bond donors (Lipinski definition) is 2. The van der Waals surface area contributed by atoms with Gasteiger partial charge in [-0.15, -0.1) is 0 Å². The number of nitro benzene ring substituents is 1. The molecule has 2 rings (SSSR count). The molecule has 0 radical (unpaired) electrons. The minimum Gasteiger partial charge on any atom is -0.382 e. The van der Waals surface area contributed by atoms with Crippen molar-refractivity contribution in [1.29, 1.82) is 0 Å². The molecule has 0 bridgehead atoms. The lowest BCUT2D eigenvalue weighted by atomic mass is 9.84. The summed E-state index contributed by atoms with van der Waals surface area (Å²) in [4.78, 5) is 10.5. The molecule has 19 heavy (non-hydrogen) atoms. The Kier molecular flexibility index (Phi) is 4.37. The van der Waals surface area contributed by atoms with Gasteiger partial charge in [-0.1, -0.05) is 12.8 Å². The summed E-state index contributed by atoms with van der Waals surface area (Å²) in [6.07, 6.45) is 4.65. The molecule has 1 aliphatic carbocycles.